The van der Waals surface area contributed by atoms with E-state index in [1.807, 2.05) is 17.0 Å². The SMILES string of the molecule is CC(=O)Nc1ccccc1OCCC(=O)N1CCNCC1. The molecule has 1 heterocycles. The van der Waals surface area contributed by atoms with Crippen LogP contribution in [0.3, 0.4) is 0 Å². The van der Waals surface area contributed by atoms with E-state index < -0.39 is 0 Å². The molecule has 1 fully saturated rings. The van der Waals surface area contributed by atoms with Crippen LogP contribution in [-0.4, -0.2) is 49.5 Å². The minimum Gasteiger partial charge on any atom is -0.491 e. The monoisotopic (exact) mass is 291 g/mol. The number of anilines is 1. The van der Waals surface area contributed by atoms with E-state index in [9.17, 15) is 9.59 Å². The van der Waals surface area contributed by atoms with Crippen LogP contribution in [0.1, 0.15) is 13.3 Å². The highest BCUT2D eigenvalue weighted by atomic mass is 16.5. The van der Waals surface area contributed by atoms with Crippen molar-refractivity contribution in [3.05, 3.63) is 24.3 Å². The molecule has 1 aliphatic rings. The quantitative estimate of drug-likeness (QED) is 0.843. The Balaban J connectivity index is 1.82. The Kier molecular flexibility index (Phi) is 5.57. The predicted molar refractivity (Wildman–Crippen MR) is 80.3 cm³/mol. The number of amides is 2. The zero-order valence-corrected chi connectivity index (χ0v) is 12.2. The topological polar surface area (TPSA) is 70.7 Å². The molecule has 0 aliphatic carbocycles. The molecule has 0 atom stereocenters. The van der Waals surface area contributed by atoms with Crippen LogP contribution in [0.4, 0.5) is 5.69 Å². The zero-order chi connectivity index (χ0) is 15.1. The number of piperazine rings is 1. The van der Waals surface area contributed by atoms with Gasteiger partial charge in [-0.1, -0.05) is 12.1 Å². The van der Waals surface area contributed by atoms with Crippen molar-refractivity contribution in [3.8, 4) is 5.75 Å². The molecule has 6 heteroatoms. The lowest BCUT2D eigenvalue weighted by atomic mass is 10.3. The first-order valence-corrected chi connectivity index (χ1v) is 7.15. The number of para-hydroxylation sites is 2. The molecule has 2 amide bonds. The third kappa shape index (κ3) is 4.75. The predicted octanol–water partition coefficient (Wildman–Crippen LogP) is 0.846. The van der Waals surface area contributed by atoms with E-state index in [1.165, 1.54) is 6.92 Å². The summed E-state index contributed by atoms with van der Waals surface area (Å²) in [6.45, 7) is 4.95. The van der Waals surface area contributed by atoms with E-state index in [2.05, 4.69) is 10.6 Å². The Morgan fingerprint density at radius 3 is 2.71 bits per heavy atom. The van der Waals surface area contributed by atoms with E-state index in [1.54, 1.807) is 12.1 Å². The van der Waals surface area contributed by atoms with Gasteiger partial charge in [-0.2, -0.15) is 0 Å². The smallest absolute Gasteiger partial charge is 0.226 e. The Morgan fingerprint density at radius 1 is 1.29 bits per heavy atom. The van der Waals surface area contributed by atoms with E-state index in [4.69, 9.17) is 4.74 Å². The summed E-state index contributed by atoms with van der Waals surface area (Å²) in [4.78, 5) is 25.0. The van der Waals surface area contributed by atoms with Crippen LogP contribution in [0.15, 0.2) is 24.3 Å². The van der Waals surface area contributed by atoms with E-state index in [0.717, 1.165) is 26.2 Å². The van der Waals surface area contributed by atoms with E-state index in [-0.39, 0.29) is 11.8 Å². The maximum atomic E-state index is 12.0. The van der Waals surface area contributed by atoms with Gasteiger partial charge in [0.05, 0.1) is 18.7 Å². The summed E-state index contributed by atoms with van der Waals surface area (Å²) in [5.74, 6) is 0.539. The number of carbonyl (C=O) groups excluding carboxylic acids is 2. The molecule has 2 rings (SSSR count). The van der Waals surface area contributed by atoms with Gasteiger partial charge in [0.25, 0.3) is 0 Å². The molecule has 0 radical (unpaired) electrons. The van der Waals surface area contributed by atoms with E-state index >= 15 is 0 Å². The number of carbonyl (C=O) groups is 2. The Labute approximate surface area is 124 Å². The van der Waals surface area contributed by atoms with Crippen molar-refractivity contribution in [2.45, 2.75) is 13.3 Å². The molecule has 0 aromatic heterocycles. The summed E-state index contributed by atoms with van der Waals surface area (Å²) >= 11 is 0. The zero-order valence-electron chi connectivity index (χ0n) is 12.2. The lowest BCUT2D eigenvalue weighted by Crippen LogP contribution is -2.46. The van der Waals surface area contributed by atoms with Crippen LogP contribution < -0.4 is 15.4 Å². The summed E-state index contributed by atoms with van der Waals surface area (Å²) < 4.78 is 5.62. The molecular weight excluding hydrogens is 270 g/mol. The fourth-order valence-electron chi connectivity index (χ4n) is 2.21. The van der Waals surface area contributed by atoms with Crippen molar-refractivity contribution in [2.24, 2.45) is 0 Å². The van der Waals surface area contributed by atoms with Gasteiger partial charge in [0, 0.05) is 33.1 Å². The Bertz CT molecular complexity index is 499. The van der Waals surface area contributed by atoms with Crippen LogP contribution in [-0.2, 0) is 9.59 Å². The lowest BCUT2D eigenvalue weighted by molar-refractivity contribution is -0.132. The maximum absolute atomic E-state index is 12.0. The number of hydrogen-bond donors (Lipinski definition) is 2. The van der Waals surface area contributed by atoms with Crippen LogP contribution in [0.5, 0.6) is 5.75 Å². The minimum atomic E-state index is -0.150. The van der Waals surface area contributed by atoms with Crippen molar-refractivity contribution in [3.63, 3.8) is 0 Å². The summed E-state index contributed by atoms with van der Waals surface area (Å²) in [5.41, 5.74) is 0.625. The summed E-state index contributed by atoms with van der Waals surface area (Å²) in [6, 6.07) is 7.21. The Morgan fingerprint density at radius 2 is 2.00 bits per heavy atom. The molecule has 21 heavy (non-hydrogen) atoms. The van der Waals surface area contributed by atoms with Crippen molar-refractivity contribution in [1.29, 1.82) is 0 Å². The summed E-state index contributed by atoms with van der Waals surface area (Å²) in [7, 11) is 0. The van der Waals surface area contributed by atoms with Crippen molar-refractivity contribution >= 4 is 17.5 Å². The fourth-order valence-corrected chi connectivity index (χ4v) is 2.21. The second-order valence-corrected chi connectivity index (χ2v) is 4.91. The maximum Gasteiger partial charge on any atom is 0.226 e. The average Bonchev–Trinajstić information content (AvgIpc) is 2.49. The molecule has 0 spiro atoms. The Hall–Kier alpha value is -2.08. The standard InChI is InChI=1S/C15H21N3O3/c1-12(19)17-13-4-2-3-5-14(13)21-11-6-15(20)18-9-7-16-8-10-18/h2-5,16H,6-11H2,1H3,(H,17,19). The normalized spacial score (nSPS) is 14.6. The van der Waals surface area contributed by atoms with Crippen LogP contribution in [0.2, 0.25) is 0 Å². The van der Waals surface area contributed by atoms with Crippen molar-refractivity contribution < 1.29 is 14.3 Å². The summed E-state index contributed by atoms with van der Waals surface area (Å²) in [5, 5.41) is 5.92. The highest BCUT2D eigenvalue weighted by Crippen LogP contribution is 2.23. The first kappa shape index (κ1) is 15.3. The number of nitrogens with one attached hydrogen (secondary N) is 2. The summed E-state index contributed by atoms with van der Waals surface area (Å²) in [6.07, 6.45) is 0.342. The third-order valence-corrected chi connectivity index (χ3v) is 3.24. The number of rotatable bonds is 5. The third-order valence-electron chi connectivity index (χ3n) is 3.24. The second-order valence-electron chi connectivity index (χ2n) is 4.91. The fraction of sp³-hybridized carbons (Fsp3) is 0.467. The first-order chi connectivity index (χ1) is 10.2. The average molecular weight is 291 g/mol. The molecule has 1 aliphatic heterocycles. The molecule has 0 bridgehead atoms. The molecule has 1 saturated heterocycles. The number of ether oxygens (including phenoxy) is 1. The lowest BCUT2D eigenvalue weighted by Gasteiger charge is -2.27. The van der Waals surface area contributed by atoms with Crippen LogP contribution in [0.25, 0.3) is 0 Å². The van der Waals surface area contributed by atoms with Gasteiger partial charge in [0.1, 0.15) is 5.75 Å². The molecule has 6 nitrogen and oxygen atoms in total. The number of hydrogen-bond acceptors (Lipinski definition) is 4. The largest absolute Gasteiger partial charge is 0.491 e. The number of nitrogens with zero attached hydrogens (tertiary/aromatic N) is 1. The van der Waals surface area contributed by atoms with Gasteiger partial charge in [0.15, 0.2) is 0 Å². The van der Waals surface area contributed by atoms with Gasteiger partial charge < -0.3 is 20.3 Å². The molecule has 2 N–H and O–H groups in total. The van der Waals surface area contributed by atoms with E-state index in [0.29, 0.717) is 24.5 Å². The van der Waals surface area contributed by atoms with Crippen LogP contribution in [0, 0.1) is 0 Å². The molecule has 1 aromatic carbocycles. The second kappa shape index (κ2) is 7.64. The van der Waals surface area contributed by atoms with Crippen molar-refractivity contribution in [1.82, 2.24) is 10.2 Å². The van der Waals surface area contributed by atoms with Gasteiger partial charge >= 0.3 is 0 Å². The number of benzene rings is 1. The van der Waals surface area contributed by atoms with Gasteiger partial charge in [-0.15, -0.1) is 0 Å². The molecule has 114 valence electrons. The van der Waals surface area contributed by atoms with Crippen molar-refractivity contribution in [2.75, 3.05) is 38.1 Å². The highest BCUT2D eigenvalue weighted by Gasteiger charge is 2.16. The first-order valence-electron chi connectivity index (χ1n) is 7.15. The molecule has 1 aromatic rings. The minimum absolute atomic E-state index is 0.105. The van der Waals surface area contributed by atoms with Gasteiger partial charge in [-0.05, 0) is 12.1 Å². The van der Waals surface area contributed by atoms with Gasteiger partial charge in [-0.3, -0.25) is 9.59 Å². The molecule has 0 saturated carbocycles. The molecular formula is C15H21N3O3. The van der Waals surface area contributed by atoms with Gasteiger partial charge in [-0.25, -0.2) is 0 Å². The molecule has 0 unspecified atom stereocenters. The van der Waals surface area contributed by atoms with Gasteiger partial charge in [0.2, 0.25) is 11.8 Å². The highest BCUT2D eigenvalue weighted by molar-refractivity contribution is 5.90. The van der Waals surface area contributed by atoms with Crippen LogP contribution >= 0.6 is 0 Å².